The first-order valence-electron chi connectivity index (χ1n) is 6.96. The number of hydrogen-bond acceptors (Lipinski definition) is 2. The molecule has 6 heteroatoms. The smallest absolute Gasteiger partial charge is 0.352 e. The lowest BCUT2D eigenvalue weighted by Gasteiger charge is -2.17. The Bertz CT molecular complexity index is 457. The van der Waals surface area contributed by atoms with Crippen molar-refractivity contribution in [2.24, 2.45) is 5.73 Å². The highest BCUT2D eigenvalue weighted by atomic mass is 19.4. The van der Waals surface area contributed by atoms with Gasteiger partial charge in [-0.3, -0.25) is 4.79 Å². The maximum atomic E-state index is 12.4. The van der Waals surface area contributed by atoms with Crippen LogP contribution in [0, 0.1) is 0 Å². The highest BCUT2D eigenvalue weighted by Crippen LogP contribution is 2.29. The number of nitrogens with two attached hydrogens (primary N) is 1. The van der Waals surface area contributed by atoms with Crippen LogP contribution in [0.15, 0.2) is 24.3 Å². The largest absolute Gasteiger partial charge is 0.416 e. The molecule has 0 aromatic heterocycles. The van der Waals surface area contributed by atoms with E-state index in [9.17, 15) is 18.0 Å². The van der Waals surface area contributed by atoms with Gasteiger partial charge >= 0.3 is 6.18 Å². The molecule has 0 heterocycles. The minimum Gasteiger partial charge on any atom is -0.352 e. The summed E-state index contributed by atoms with van der Waals surface area (Å²) in [5.74, 6) is -0.226. The second-order valence-corrected chi connectivity index (χ2v) is 5.20. The van der Waals surface area contributed by atoms with E-state index in [1.54, 1.807) is 6.92 Å². The molecule has 0 aliphatic heterocycles. The van der Waals surface area contributed by atoms with E-state index in [1.807, 2.05) is 6.92 Å². The van der Waals surface area contributed by atoms with E-state index in [1.165, 1.54) is 12.1 Å². The molecule has 3 N–H and O–H groups in total. The molecule has 2 unspecified atom stereocenters. The Morgan fingerprint density at radius 3 is 2.33 bits per heavy atom. The molecule has 0 aliphatic carbocycles. The highest BCUT2D eigenvalue weighted by molar-refractivity contribution is 5.81. The number of halogens is 3. The Morgan fingerprint density at radius 1 is 1.29 bits per heavy atom. The number of carbonyl (C=O) groups excluding carboxylic acids is 1. The van der Waals surface area contributed by atoms with E-state index in [-0.39, 0.29) is 11.9 Å². The van der Waals surface area contributed by atoms with Crippen LogP contribution in [-0.2, 0) is 17.4 Å². The molecule has 2 atom stereocenters. The maximum absolute atomic E-state index is 12.4. The summed E-state index contributed by atoms with van der Waals surface area (Å²) in [6.45, 7) is 3.74. The molecule has 1 aromatic rings. The number of rotatable bonds is 6. The molecular weight excluding hydrogens is 281 g/mol. The van der Waals surface area contributed by atoms with Crippen LogP contribution in [0.3, 0.4) is 0 Å². The van der Waals surface area contributed by atoms with Crippen molar-refractivity contribution in [1.29, 1.82) is 0 Å². The minimum atomic E-state index is -4.33. The molecule has 0 saturated heterocycles. The van der Waals surface area contributed by atoms with Gasteiger partial charge in [-0.2, -0.15) is 13.2 Å². The molecule has 0 saturated carbocycles. The second kappa shape index (κ2) is 7.45. The van der Waals surface area contributed by atoms with Gasteiger partial charge in [-0.25, -0.2) is 0 Å². The van der Waals surface area contributed by atoms with E-state index in [4.69, 9.17) is 5.73 Å². The first-order valence-corrected chi connectivity index (χ1v) is 6.96. The van der Waals surface area contributed by atoms with E-state index in [2.05, 4.69) is 5.32 Å². The Hall–Kier alpha value is -1.56. The molecule has 21 heavy (non-hydrogen) atoms. The summed E-state index contributed by atoms with van der Waals surface area (Å²) in [4.78, 5) is 11.7. The molecule has 3 nitrogen and oxygen atoms in total. The molecule has 0 bridgehead atoms. The van der Waals surface area contributed by atoms with Gasteiger partial charge in [0.05, 0.1) is 11.6 Å². The summed E-state index contributed by atoms with van der Waals surface area (Å²) >= 11 is 0. The standard InChI is InChI=1S/C15H21F3N2O/c1-3-4-13(19)14(21)20-10(2)9-11-5-7-12(8-6-11)15(16,17)18/h5-8,10,13H,3-4,9,19H2,1-2H3,(H,20,21). The number of benzene rings is 1. The Kier molecular flexibility index (Phi) is 6.20. The molecule has 0 fully saturated rings. The second-order valence-electron chi connectivity index (χ2n) is 5.20. The first kappa shape index (κ1) is 17.5. The van der Waals surface area contributed by atoms with E-state index < -0.39 is 17.8 Å². The van der Waals surface area contributed by atoms with Crippen molar-refractivity contribution in [3.05, 3.63) is 35.4 Å². The van der Waals surface area contributed by atoms with Crippen molar-refractivity contribution >= 4 is 5.91 Å². The summed E-state index contributed by atoms with van der Waals surface area (Å²) in [6, 6.07) is 4.23. The van der Waals surface area contributed by atoms with E-state index in [0.29, 0.717) is 12.8 Å². The van der Waals surface area contributed by atoms with E-state index >= 15 is 0 Å². The predicted octanol–water partition coefficient (Wildman–Crippen LogP) is 2.88. The summed E-state index contributed by atoms with van der Waals surface area (Å²) in [5, 5.41) is 2.77. The van der Waals surface area contributed by atoms with Crippen LogP contribution < -0.4 is 11.1 Å². The van der Waals surface area contributed by atoms with Crippen molar-refractivity contribution in [3.8, 4) is 0 Å². The van der Waals surface area contributed by atoms with Gasteiger partial charge in [0.2, 0.25) is 5.91 Å². The molecular formula is C15H21F3N2O. The average Bonchev–Trinajstić information content (AvgIpc) is 2.38. The number of carbonyl (C=O) groups is 1. The molecule has 1 rings (SSSR count). The minimum absolute atomic E-state index is 0.183. The molecule has 118 valence electrons. The quantitative estimate of drug-likeness (QED) is 0.849. The summed E-state index contributed by atoms with van der Waals surface area (Å²) in [6.07, 6.45) is -2.44. The fraction of sp³-hybridized carbons (Fsp3) is 0.533. The molecule has 1 aromatic carbocycles. The molecule has 0 spiro atoms. The molecule has 1 amide bonds. The van der Waals surface area contributed by atoms with Crippen LogP contribution >= 0.6 is 0 Å². The van der Waals surface area contributed by atoms with Gasteiger partial charge in [-0.1, -0.05) is 25.5 Å². The number of amides is 1. The third-order valence-electron chi connectivity index (χ3n) is 3.15. The predicted molar refractivity (Wildman–Crippen MR) is 75.6 cm³/mol. The van der Waals surface area contributed by atoms with Crippen molar-refractivity contribution < 1.29 is 18.0 Å². The zero-order chi connectivity index (χ0) is 16.0. The van der Waals surface area contributed by atoms with Crippen LogP contribution in [0.25, 0.3) is 0 Å². The first-order chi connectivity index (χ1) is 9.74. The van der Waals surface area contributed by atoms with Gasteiger partial charge in [0, 0.05) is 6.04 Å². The van der Waals surface area contributed by atoms with Crippen LogP contribution in [0.5, 0.6) is 0 Å². The topological polar surface area (TPSA) is 55.1 Å². The summed E-state index contributed by atoms with van der Waals surface area (Å²) < 4.78 is 37.3. The van der Waals surface area contributed by atoms with Gasteiger partial charge in [-0.15, -0.1) is 0 Å². The average molecular weight is 302 g/mol. The molecule has 0 radical (unpaired) electrons. The third-order valence-corrected chi connectivity index (χ3v) is 3.15. The van der Waals surface area contributed by atoms with Gasteiger partial charge in [0.1, 0.15) is 0 Å². The van der Waals surface area contributed by atoms with Gasteiger partial charge in [0.25, 0.3) is 0 Å². The third kappa shape index (κ3) is 5.75. The van der Waals surface area contributed by atoms with Crippen LogP contribution in [0.1, 0.15) is 37.8 Å². The lowest BCUT2D eigenvalue weighted by molar-refractivity contribution is -0.137. The zero-order valence-corrected chi connectivity index (χ0v) is 12.2. The van der Waals surface area contributed by atoms with Crippen molar-refractivity contribution in [1.82, 2.24) is 5.32 Å². The Morgan fingerprint density at radius 2 is 1.86 bits per heavy atom. The Balaban J connectivity index is 2.55. The normalized spacial score (nSPS) is 14.6. The highest BCUT2D eigenvalue weighted by Gasteiger charge is 2.29. The van der Waals surface area contributed by atoms with Gasteiger partial charge in [0.15, 0.2) is 0 Å². The summed E-state index contributed by atoms with van der Waals surface area (Å²) in [7, 11) is 0. The van der Waals surface area contributed by atoms with Crippen molar-refractivity contribution in [2.75, 3.05) is 0 Å². The number of hydrogen-bond donors (Lipinski definition) is 2. The van der Waals surface area contributed by atoms with Crippen molar-refractivity contribution in [2.45, 2.75) is 51.4 Å². The molecule has 0 aliphatic rings. The zero-order valence-electron chi connectivity index (χ0n) is 12.2. The Labute approximate surface area is 122 Å². The lowest BCUT2D eigenvalue weighted by atomic mass is 10.0. The van der Waals surface area contributed by atoms with Gasteiger partial charge < -0.3 is 11.1 Å². The fourth-order valence-corrected chi connectivity index (χ4v) is 2.03. The number of nitrogens with one attached hydrogen (secondary N) is 1. The van der Waals surface area contributed by atoms with Crippen LogP contribution in [0.2, 0.25) is 0 Å². The monoisotopic (exact) mass is 302 g/mol. The number of alkyl halides is 3. The van der Waals surface area contributed by atoms with Crippen LogP contribution in [-0.4, -0.2) is 18.0 Å². The fourth-order valence-electron chi connectivity index (χ4n) is 2.03. The summed E-state index contributed by atoms with van der Waals surface area (Å²) in [5.41, 5.74) is 5.76. The van der Waals surface area contributed by atoms with Gasteiger partial charge in [-0.05, 0) is 37.5 Å². The lowest BCUT2D eigenvalue weighted by Crippen LogP contribution is -2.45. The van der Waals surface area contributed by atoms with E-state index in [0.717, 1.165) is 24.1 Å². The SMILES string of the molecule is CCCC(N)C(=O)NC(C)Cc1ccc(C(F)(F)F)cc1. The maximum Gasteiger partial charge on any atom is 0.416 e. The van der Waals surface area contributed by atoms with Crippen LogP contribution in [0.4, 0.5) is 13.2 Å². The van der Waals surface area contributed by atoms with Crippen molar-refractivity contribution in [3.63, 3.8) is 0 Å².